The zero-order valence-electron chi connectivity index (χ0n) is 19.6. The number of anilines is 1. The van der Waals surface area contributed by atoms with Crippen molar-refractivity contribution in [1.82, 2.24) is 20.3 Å². The second-order valence-corrected chi connectivity index (χ2v) is 8.80. The van der Waals surface area contributed by atoms with E-state index in [0.717, 1.165) is 16.0 Å². The van der Waals surface area contributed by atoms with Gasteiger partial charge in [0.15, 0.2) is 17.3 Å². The number of carbonyl (C=O) groups excluding carboxylic acids is 1. The van der Waals surface area contributed by atoms with Gasteiger partial charge >= 0.3 is 0 Å². The molecule has 0 spiro atoms. The molecule has 11 nitrogen and oxygen atoms in total. The van der Waals surface area contributed by atoms with Gasteiger partial charge < -0.3 is 28.8 Å². The molecule has 1 aliphatic heterocycles. The number of hydrogen-bond acceptors (Lipinski definition) is 10. The number of aromatic nitrogens is 4. The number of thiophene rings is 1. The van der Waals surface area contributed by atoms with Crippen molar-refractivity contribution >= 4 is 22.2 Å². The monoisotopic (exact) mass is 497 g/mol. The van der Waals surface area contributed by atoms with Gasteiger partial charge in [-0.15, -0.1) is 11.3 Å². The van der Waals surface area contributed by atoms with E-state index in [0.29, 0.717) is 64.9 Å². The zero-order valence-corrected chi connectivity index (χ0v) is 20.4. The Morgan fingerprint density at radius 3 is 2.57 bits per heavy atom. The van der Waals surface area contributed by atoms with Crippen LogP contribution in [0.25, 0.3) is 22.7 Å². The molecule has 0 saturated heterocycles. The van der Waals surface area contributed by atoms with Crippen molar-refractivity contribution in [3.05, 3.63) is 40.2 Å². The first-order chi connectivity index (χ1) is 17.0. The van der Waals surface area contributed by atoms with Crippen LogP contribution >= 0.6 is 11.3 Å². The van der Waals surface area contributed by atoms with Crippen molar-refractivity contribution < 1.29 is 28.3 Å². The highest BCUT2D eigenvalue weighted by Crippen LogP contribution is 2.43. The minimum atomic E-state index is -0.354. The van der Waals surface area contributed by atoms with E-state index in [-0.39, 0.29) is 11.6 Å². The molecule has 4 aromatic rings. The van der Waals surface area contributed by atoms with Crippen LogP contribution in [0.2, 0.25) is 0 Å². The van der Waals surface area contributed by atoms with Gasteiger partial charge in [0.1, 0.15) is 10.7 Å². The lowest BCUT2D eigenvalue weighted by atomic mass is 10.1. The van der Waals surface area contributed by atoms with Gasteiger partial charge in [0.2, 0.25) is 5.75 Å². The van der Waals surface area contributed by atoms with Crippen LogP contribution in [0.4, 0.5) is 5.00 Å². The number of aryl methyl sites for hydroxylation is 1. The van der Waals surface area contributed by atoms with Crippen molar-refractivity contribution in [2.75, 3.05) is 33.3 Å². The molecular weight excluding hydrogens is 474 g/mol. The minimum Gasteiger partial charge on any atom is -0.493 e. The second kappa shape index (κ2) is 9.39. The maximum absolute atomic E-state index is 13.2. The third kappa shape index (κ3) is 4.21. The number of nitrogens with zero attached hydrogens (tertiary/aromatic N) is 3. The molecule has 12 heteroatoms. The topological polar surface area (TPSA) is 134 Å². The first kappa shape index (κ1) is 22.9. The number of ether oxygens (including phenoxy) is 4. The summed E-state index contributed by atoms with van der Waals surface area (Å²) >= 11 is 1.44. The van der Waals surface area contributed by atoms with E-state index >= 15 is 0 Å². The normalized spacial score (nSPS) is 12.8. The van der Waals surface area contributed by atoms with Crippen molar-refractivity contribution in [3.63, 3.8) is 0 Å². The molecule has 2 N–H and O–H groups in total. The number of benzene rings is 1. The smallest absolute Gasteiger partial charge is 0.274 e. The molecule has 0 radical (unpaired) electrons. The zero-order chi connectivity index (χ0) is 24.5. The Balaban J connectivity index is 1.45. The lowest BCUT2D eigenvalue weighted by Crippen LogP contribution is -2.12. The van der Waals surface area contributed by atoms with Gasteiger partial charge in [0.25, 0.3) is 11.8 Å². The highest BCUT2D eigenvalue weighted by molar-refractivity contribution is 7.17. The average Bonchev–Trinajstić information content (AvgIpc) is 3.61. The van der Waals surface area contributed by atoms with Crippen molar-refractivity contribution in [2.45, 2.75) is 20.0 Å². The van der Waals surface area contributed by atoms with Gasteiger partial charge in [-0.05, 0) is 37.1 Å². The molecule has 3 aromatic heterocycles. The number of amides is 1. The predicted octanol–water partition coefficient (Wildman–Crippen LogP) is 3.85. The molecule has 0 atom stereocenters. The fourth-order valence-corrected chi connectivity index (χ4v) is 5.10. The summed E-state index contributed by atoms with van der Waals surface area (Å²) in [5, 5.41) is 14.6. The van der Waals surface area contributed by atoms with Crippen LogP contribution in [-0.2, 0) is 17.8 Å². The lowest BCUT2D eigenvalue weighted by molar-refractivity contribution is 0.102. The van der Waals surface area contributed by atoms with Crippen molar-refractivity contribution in [1.29, 1.82) is 0 Å². The summed E-state index contributed by atoms with van der Waals surface area (Å²) in [6.45, 7) is 2.82. The number of carbonyl (C=O) groups is 1. The maximum atomic E-state index is 13.2. The van der Waals surface area contributed by atoms with E-state index in [1.54, 1.807) is 39.3 Å². The molecule has 4 heterocycles. The quantitative estimate of drug-likeness (QED) is 0.390. The van der Waals surface area contributed by atoms with Crippen LogP contribution in [0.3, 0.4) is 0 Å². The summed E-state index contributed by atoms with van der Waals surface area (Å²) in [4.78, 5) is 18.6. The predicted molar refractivity (Wildman–Crippen MR) is 127 cm³/mol. The van der Waals surface area contributed by atoms with Crippen LogP contribution in [0, 0.1) is 6.92 Å². The summed E-state index contributed by atoms with van der Waals surface area (Å²) in [5.41, 5.74) is 3.32. The Morgan fingerprint density at radius 1 is 1.14 bits per heavy atom. The fourth-order valence-electron chi connectivity index (χ4n) is 3.93. The van der Waals surface area contributed by atoms with E-state index < -0.39 is 0 Å². The highest BCUT2D eigenvalue weighted by Gasteiger charge is 2.27. The number of hydrogen-bond donors (Lipinski definition) is 2. The second-order valence-electron chi connectivity index (χ2n) is 7.69. The fraction of sp³-hybridized carbons (Fsp3) is 0.304. The molecule has 1 aromatic carbocycles. The molecule has 0 aliphatic carbocycles. The third-order valence-electron chi connectivity index (χ3n) is 5.57. The van der Waals surface area contributed by atoms with E-state index in [2.05, 4.69) is 25.7 Å². The molecule has 0 bridgehead atoms. The first-order valence-corrected chi connectivity index (χ1v) is 11.5. The molecule has 182 valence electrons. The van der Waals surface area contributed by atoms with Crippen molar-refractivity contribution in [3.8, 4) is 40.0 Å². The SMILES string of the molecule is COc1cc(-c2cc(C(=O)Nc3sc4c(c3-c3nc(C)no3)CCOC4)[nH]n2)cc(OC)c1OC. The highest BCUT2D eigenvalue weighted by atomic mass is 32.1. The first-order valence-electron chi connectivity index (χ1n) is 10.7. The van der Waals surface area contributed by atoms with Crippen LogP contribution in [0.15, 0.2) is 22.7 Å². The minimum absolute atomic E-state index is 0.282. The van der Waals surface area contributed by atoms with Crippen LogP contribution < -0.4 is 19.5 Å². The Labute approximate surface area is 204 Å². The summed E-state index contributed by atoms with van der Waals surface area (Å²) in [6, 6.07) is 5.19. The molecule has 0 unspecified atom stereocenters. The molecule has 1 amide bonds. The largest absolute Gasteiger partial charge is 0.493 e. The van der Waals surface area contributed by atoms with E-state index in [9.17, 15) is 4.79 Å². The molecule has 0 saturated carbocycles. The Kier molecular flexibility index (Phi) is 6.14. The Morgan fingerprint density at radius 2 is 1.91 bits per heavy atom. The van der Waals surface area contributed by atoms with E-state index in [4.69, 9.17) is 23.5 Å². The van der Waals surface area contributed by atoms with Gasteiger partial charge in [-0.3, -0.25) is 9.89 Å². The number of rotatable bonds is 7. The number of fused-ring (bicyclic) bond motifs is 1. The average molecular weight is 498 g/mol. The number of nitrogens with one attached hydrogen (secondary N) is 2. The number of aromatic amines is 1. The Hall–Kier alpha value is -3.90. The number of methoxy groups -OCH3 is 3. The van der Waals surface area contributed by atoms with E-state index in [1.165, 1.54) is 18.4 Å². The van der Waals surface area contributed by atoms with E-state index in [1.807, 2.05) is 0 Å². The lowest BCUT2D eigenvalue weighted by Gasteiger charge is -2.13. The summed E-state index contributed by atoms with van der Waals surface area (Å²) < 4.78 is 27.2. The van der Waals surface area contributed by atoms with Gasteiger partial charge in [-0.2, -0.15) is 10.1 Å². The summed E-state index contributed by atoms with van der Waals surface area (Å²) in [7, 11) is 4.62. The molecule has 5 rings (SSSR count). The molecule has 35 heavy (non-hydrogen) atoms. The van der Waals surface area contributed by atoms with Crippen LogP contribution in [-0.4, -0.2) is 54.2 Å². The van der Waals surface area contributed by atoms with Crippen LogP contribution in [0.1, 0.15) is 26.8 Å². The van der Waals surface area contributed by atoms with Gasteiger partial charge in [-0.1, -0.05) is 5.16 Å². The number of H-pyrrole nitrogens is 1. The maximum Gasteiger partial charge on any atom is 0.274 e. The third-order valence-corrected chi connectivity index (χ3v) is 6.69. The van der Waals surface area contributed by atoms with Crippen molar-refractivity contribution in [2.24, 2.45) is 0 Å². The molecule has 1 aliphatic rings. The standard InChI is InChI=1S/C23H23N5O6S/c1-11-24-22(34-28-11)19-13-5-6-33-10-18(13)35-23(19)25-21(29)15-9-14(26-27-15)12-7-16(30-2)20(32-4)17(8-12)31-3/h7-9H,5-6,10H2,1-4H3,(H,25,29)(H,26,27). The Bertz CT molecular complexity index is 1370. The molecular formula is C23H23N5O6S. The van der Waals surface area contributed by atoms with Gasteiger partial charge in [-0.25, -0.2) is 0 Å². The summed E-state index contributed by atoms with van der Waals surface area (Å²) in [5.74, 6) is 1.99. The van der Waals surface area contributed by atoms with Crippen LogP contribution in [0.5, 0.6) is 17.2 Å². The molecule has 0 fully saturated rings. The van der Waals surface area contributed by atoms with Gasteiger partial charge in [0.05, 0.1) is 45.8 Å². The van der Waals surface area contributed by atoms with Gasteiger partial charge in [0, 0.05) is 10.4 Å². The summed E-state index contributed by atoms with van der Waals surface area (Å²) in [6.07, 6.45) is 0.702.